The molecule has 1 fully saturated rings. The lowest BCUT2D eigenvalue weighted by atomic mass is 9.85. The molecule has 2 heterocycles. The van der Waals surface area contributed by atoms with Crippen LogP contribution in [-0.4, -0.2) is 40.3 Å². The second kappa shape index (κ2) is 7.18. The largest absolute Gasteiger partial charge is 0.404 e. The third kappa shape index (κ3) is 3.96. The third-order valence-electron chi connectivity index (χ3n) is 4.83. The molecule has 0 atom stereocenters. The Kier molecular flexibility index (Phi) is 5.35. The first kappa shape index (κ1) is 20.9. The summed E-state index contributed by atoms with van der Waals surface area (Å²) in [6.45, 7) is 0.0971. The van der Waals surface area contributed by atoms with Crippen molar-refractivity contribution in [3.05, 3.63) is 46.7 Å². The number of rotatable bonds is 3. The minimum absolute atomic E-state index is 0.127. The molecule has 152 valence electrons. The maximum absolute atomic E-state index is 13.2. The summed E-state index contributed by atoms with van der Waals surface area (Å²) in [5.41, 5.74) is -2.14. The van der Waals surface area contributed by atoms with Gasteiger partial charge in [0.25, 0.3) is 0 Å². The zero-order chi connectivity index (χ0) is 20.7. The lowest BCUT2D eigenvalue weighted by Gasteiger charge is -2.33. The lowest BCUT2D eigenvalue weighted by Crippen LogP contribution is -2.51. The second-order valence-electron chi connectivity index (χ2n) is 6.87. The highest BCUT2D eigenvalue weighted by Gasteiger charge is 2.72. The van der Waals surface area contributed by atoms with E-state index in [1.54, 1.807) is 37.3 Å². The number of halogens is 7. The predicted molar refractivity (Wildman–Crippen MR) is 91.7 cm³/mol. The summed E-state index contributed by atoms with van der Waals surface area (Å²) in [4.78, 5) is 9.73. The van der Waals surface area contributed by atoms with E-state index in [4.69, 9.17) is 11.6 Å². The predicted octanol–water partition coefficient (Wildman–Crippen LogP) is 5.42. The van der Waals surface area contributed by atoms with Gasteiger partial charge in [-0.25, -0.2) is 9.97 Å². The van der Waals surface area contributed by atoms with Gasteiger partial charge in [0.15, 0.2) is 11.2 Å². The van der Waals surface area contributed by atoms with Crippen molar-refractivity contribution < 1.29 is 26.3 Å². The quantitative estimate of drug-likeness (QED) is 0.617. The zero-order valence-corrected chi connectivity index (χ0v) is 15.5. The molecule has 1 aromatic heterocycles. The van der Waals surface area contributed by atoms with Crippen LogP contribution < -0.4 is 0 Å². The number of hydrogen-bond acceptors (Lipinski definition) is 3. The Morgan fingerprint density at radius 2 is 1.64 bits per heavy atom. The smallest absolute Gasteiger partial charge is 0.296 e. The first-order valence-electron chi connectivity index (χ1n) is 8.38. The highest BCUT2D eigenvalue weighted by atomic mass is 35.5. The number of alkyl halides is 6. The Bertz CT molecular complexity index is 834. The minimum Gasteiger partial charge on any atom is -0.296 e. The fourth-order valence-corrected chi connectivity index (χ4v) is 3.45. The summed E-state index contributed by atoms with van der Waals surface area (Å²) in [5.74, 6) is 0.337. The normalized spacial score (nSPS) is 17.9. The van der Waals surface area contributed by atoms with Crippen LogP contribution in [0.25, 0.3) is 11.4 Å². The Morgan fingerprint density at radius 1 is 1.04 bits per heavy atom. The topological polar surface area (TPSA) is 29.0 Å². The molecule has 0 bridgehead atoms. The van der Waals surface area contributed by atoms with Crippen molar-refractivity contribution in [2.75, 3.05) is 13.1 Å². The summed E-state index contributed by atoms with van der Waals surface area (Å²) in [7, 11) is 0. The van der Waals surface area contributed by atoms with Gasteiger partial charge in [-0.1, -0.05) is 11.6 Å². The monoisotopic (exact) mass is 423 g/mol. The molecule has 0 aliphatic carbocycles. The standard InChI is InChI=1S/C18H16ClF6N3/c1-11-8-14(27-15(26-11)12-2-4-13(19)5-3-12)9-28-7-6-16(10-28,17(20,21)22)18(23,24)25/h2-5,8H,6-7,9-10H2,1H3. The van der Waals surface area contributed by atoms with E-state index in [1.807, 2.05) is 0 Å². The summed E-state index contributed by atoms with van der Waals surface area (Å²) in [5, 5.41) is 0.518. The average molecular weight is 424 g/mol. The zero-order valence-electron chi connectivity index (χ0n) is 14.7. The molecular weight excluding hydrogens is 408 g/mol. The molecule has 0 radical (unpaired) electrons. The molecule has 10 heteroatoms. The van der Waals surface area contributed by atoms with Crippen LogP contribution in [0.4, 0.5) is 26.3 Å². The Balaban J connectivity index is 1.84. The first-order valence-corrected chi connectivity index (χ1v) is 8.75. The van der Waals surface area contributed by atoms with Crippen molar-refractivity contribution in [2.45, 2.75) is 32.2 Å². The van der Waals surface area contributed by atoms with Gasteiger partial charge < -0.3 is 0 Å². The van der Waals surface area contributed by atoms with Gasteiger partial charge in [-0.15, -0.1) is 0 Å². The molecule has 0 amide bonds. The van der Waals surface area contributed by atoms with Crippen LogP contribution in [0.2, 0.25) is 5.02 Å². The summed E-state index contributed by atoms with van der Waals surface area (Å²) >= 11 is 5.84. The maximum atomic E-state index is 13.2. The van der Waals surface area contributed by atoms with Gasteiger partial charge in [-0.3, -0.25) is 4.90 Å². The van der Waals surface area contributed by atoms with E-state index in [1.165, 1.54) is 0 Å². The SMILES string of the molecule is Cc1cc(CN2CCC(C(F)(F)F)(C(F)(F)F)C2)nc(-c2ccc(Cl)cc2)n1. The number of benzene rings is 1. The van der Waals surface area contributed by atoms with Gasteiger partial charge in [0.2, 0.25) is 0 Å². The summed E-state index contributed by atoms with van der Waals surface area (Å²) in [6, 6.07) is 8.22. The molecule has 1 aliphatic rings. The molecule has 2 aromatic rings. The van der Waals surface area contributed by atoms with Crippen LogP contribution in [-0.2, 0) is 6.54 Å². The third-order valence-corrected chi connectivity index (χ3v) is 5.08. The minimum atomic E-state index is -5.37. The fraction of sp³-hybridized carbons (Fsp3) is 0.444. The van der Waals surface area contributed by atoms with E-state index >= 15 is 0 Å². The van der Waals surface area contributed by atoms with Gasteiger partial charge in [0, 0.05) is 29.4 Å². The first-order chi connectivity index (χ1) is 12.9. The average Bonchev–Trinajstić information content (AvgIpc) is 3.00. The van der Waals surface area contributed by atoms with Gasteiger partial charge in [0.05, 0.1) is 5.69 Å². The van der Waals surface area contributed by atoms with Gasteiger partial charge in [-0.2, -0.15) is 26.3 Å². The van der Waals surface area contributed by atoms with Crippen LogP contribution >= 0.6 is 11.6 Å². The Hall–Kier alpha value is -1.87. The van der Waals surface area contributed by atoms with Crippen molar-refractivity contribution in [3.63, 3.8) is 0 Å². The molecule has 1 aromatic carbocycles. The number of aryl methyl sites for hydroxylation is 1. The number of aromatic nitrogens is 2. The molecule has 0 spiro atoms. The molecule has 28 heavy (non-hydrogen) atoms. The van der Waals surface area contributed by atoms with Gasteiger partial charge >= 0.3 is 12.4 Å². The second-order valence-corrected chi connectivity index (χ2v) is 7.31. The van der Waals surface area contributed by atoms with E-state index in [0.29, 0.717) is 27.8 Å². The van der Waals surface area contributed by atoms with Gasteiger partial charge in [0.1, 0.15) is 0 Å². The molecule has 0 N–H and O–H groups in total. The molecule has 0 saturated carbocycles. The number of likely N-dealkylation sites (tertiary alicyclic amines) is 1. The van der Waals surface area contributed by atoms with Gasteiger partial charge in [-0.05, 0) is 50.2 Å². The number of nitrogens with zero attached hydrogens (tertiary/aromatic N) is 3. The van der Waals surface area contributed by atoms with Crippen LogP contribution in [0.5, 0.6) is 0 Å². The molecule has 1 aliphatic heterocycles. The van der Waals surface area contributed by atoms with E-state index in [0.717, 1.165) is 4.90 Å². The molecule has 1 saturated heterocycles. The summed E-state index contributed by atoms with van der Waals surface area (Å²) < 4.78 is 79.3. The van der Waals surface area contributed by atoms with Crippen molar-refractivity contribution in [2.24, 2.45) is 5.41 Å². The molecule has 3 nitrogen and oxygen atoms in total. The molecule has 3 rings (SSSR count). The highest BCUT2D eigenvalue weighted by molar-refractivity contribution is 6.30. The van der Waals surface area contributed by atoms with Crippen LogP contribution in [0.1, 0.15) is 17.8 Å². The molecular formula is C18H16ClF6N3. The maximum Gasteiger partial charge on any atom is 0.404 e. The van der Waals surface area contributed by atoms with E-state index in [9.17, 15) is 26.3 Å². The highest BCUT2D eigenvalue weighted by Crippen LogP contribution is 2.55. The van der Waals surface area contributed by atoms with E-state index in [2.05, 4.69) is 9.97 Å². The Labute approximate surface area is 162 Å². The van der Waals surface area contributed by atoms with E-state index in [-0.39, 0.29) is 13.1 Å². The number of hydrogen-bond donors (Lipinski definition) is 0. The molecule has 0 unspecified atom stereocenters. The van der Waals surface area contributed by atoms with Crippen molar-refractivity contribution in [3.8, 4) is 11.4 Å². The lowest BCUT2D eigenvalue weighted by molar-refractivity contribution is -0.335. The van der Waals surface area contributed by atoms with Crippen LogP contribution in [0.3, 0.4) is 0 Å². The van der Waals surface area contributed by atoms with Crippen molar-refractivity contribution >= 4 is 11.6 Å². The van der Waals surface area contributed by atoms with Crippen molar-refractivity contribution in [1.82, 2.24) is 14.9 Å². The fourth-order valence-electron chi connectivity index (χ4n) is 3.32. The summed E-state index contributed by atoms with van der Waals surface area (Å²) in [6.07, 6.45) is -11.7. The van der Waals surface area contributed by atoms with E-state index < -0.39 is 30.7 Å². The van der Waals surface area contributed by atoms with Crippen molar-refractivity contribution in [1.29, 1.82) is 0 Å². The van der Waals surface area contributed by atoms with Crippen LogP contribution in [0, 0.1) is 12.3 Å². The van der Waals surface area contributed by atoms with Crippen LogP contribution in [0.15, 0.2) is 30.3 Å². The Morgan fingerprint density at radius 3 is 2.18 bits per heavy atom.